The highest BCUT2D eigenvalue weighted by Crippen LogP contribution is 2.39. The normalized spacial score (nSPS) is 20.3. The molecule has 1 fully saturated rings. The summed E-state index contributed by atoms with van der Waals surface area (Å²) in [5.41, 5.74) is 2.82. The maximum atomic E-state index is 11.3. The monoisotopic (exact) mass is 273 g/mol. The van der Waals surface area contributed by atoms with E-state index in [1.165, 1.54) is 0 Å². The largest absolute Gasteiger partial charge is 0.324 e. The molecule has 0 radical (unpaired) electrons. The van der Waals surface area contributed by atoms with E-state index < -0.39 is 21.2 Å². The van der Waals surface area contributed by atoms with E-state index in [1.54, 1.807) is 0 Å². The van der Waals surface area contributed by atoms with Crippen LogP contribution in [0, 0.1) is 13.8 Å². The number of β-lactam (4-membered cyclic amide) rings is 1. The van der Waals surface area contributed by atoms with Crippen molar-refractivity contribution in [3.63, 3.8) is 0 Å². The summed E-state index contributed by atoms with van der Waals surface area (Å²) < 4.78 is 23.3. The highest BCUT2D eigenvalue weighted by atomic mass is 35.7. The predicted molar refractivity (Wildman–Crippen MR) is 64.9 cm³/mol. The number of rotatable bonds is 2. The molecule has 1 unspecified atom stereocenters. The van der Waals surface area contributed by atoms with Crippen LogP contribution in [0.25, 0.3) is 0 Å². The van der Waals surface area contributed by atoms with Crippen LogP contribution < -0.4 is 0 Å². The van der Waals surface area contributed by atoms with Crippen molar-refractivity contribution in [1.29, 1.82) is 0 Å². The fourth-order valence-electron chi connectivity index (χ4n) is 2.03. The second-order valence-electron chi connectivity index (χ2n) is 4.21. The van der Waals surface area contributed by atoms with E-state index >= 15 is 0 Å². The molecule has 0 spiro atoms. The Balaban J connectivity index is 2.42. The van der Waals surface area contributed by atoms with Gasteiger partial charge in [0, 0.05) is 10.7 Å². The van der Waals surface area contributed by atoms with Gasteiger partial charge in [-0.15, -0.1) is 0 Å². The lowest BCUT2D eigenvalue weighted by Gasteiger charge is -2.38. The van der Waals surface area contributed by atoms with Crippen LogP contribution in [0.2, 0.25) is 0 Å². The molecule has 0 saturated carbocycles. The van der Waals surface area contributed by atoms with E-state index in [4.69, 9.17) is 10.7 Å². The molecule has 0 N–H and O–H groups in total. The molecule has 17 heavy (non-hydrogen) atoms. The Labute approximate surface area is 105 Å². The van der Waals surface area contributed by atoms with Crippen LogP contribution in [0.5, 0.6) is 0 Å². The summed E-state index contributed by atoms with van der Waals surface area (Å²) in [5.74, 6) is -0.453. The van der Waals surface area contributed by atoms with Gasteiger partial charge in [-0.2, -0.15) is 8.42 Å². The molecule has 0 aromatic heterocycles. The van der Waals surface area contributed by atoms with Gasteiger partial charge in [0.2, 0.25) is 5.91 Å². The highest BCUT2D eigenvalue weighted by molar-refractivity contribution is 8.12. The molecule has 0 bridgehead atoms. The van der Waals surface area contributed by atoms with Crippen LogP contribution in [0.15, 0.2) is 18.2 Å². The summed E-state index contributed by atoms with van der Waals surface area (Å²) in [5, 5.41) is 0. The van der Waals surface area contributed by atoms with Gasteiger partial charge in [0.15, 0.2) is 0 Å². The number of hydrogen-bond acceptors (Lipinski definition) is 3. The maximum Gasteiger partial charge on any atom is 0.324 e. The number of carbonyl (C=O) groups excluding carboxylic acids is 1. The molecule has 1 aliphatic heterocycles. The van der Waals surface area contributed by atoms with Gasteiger partial charge >= 0.3 is 9.24 Å². The SMILES string of the molecule is Cc1ccc(C)c(C2CC(=O)N2S(=O)(=O)Cl)c1. The van der Waals surface area contributed by atoms with Crippen molar-refractivity contribution in [2.24, 2.45) is 0 Å². The topological polar surface area (TPSA) is 54.5 Å². The summed E-state index contributed by atoms with van der Waals surface area (Å²) in [7, 11) is 1.26. The Bertz CT molecular complexity index is 582. The van der Waals surface area contributed by atoms with Crippen LogP contribution in [0.1, 0.15) is 29.2 Å². The molecule has 1 atom stereocenters. The second kappa shape index (κ2) is 3.99. The lowest BCUT2D eigenvalue weighted by molar-refractivity contribution is -0.137. The summed E-state index contributed by atoms with van der Waals surface area (Å²) in [6, 6.07) is 5.29. The molecule has 1 heterocycles. The van der Waals surface area contributed by atoms with E-state index in [-0.39, 0.29) is 6.42 Å². The van der Waals surface area contributed by atoms with Gasteiger partial charge in [0.05, 0.1) is 12.5 Å². The fourth-order valence-corrected chi connectivity index (χ4v) is 3.36. The van der Waals surface area contributed by atoms with Crippen molar-refractivity contribution in [1.82, 2.24) is 4.31 Å². The number of carbonyl (C=O) groups is 1. The van der Waals surface area contributed by atoms with Gasteiger partial charge in [-0.3, -0.25) is 4.79 Å². The van der Waals surface area contributed by atoms with E-state index in [9.17, 15) is 13.2 Å². The quantitative estimate of drug-likeness (QED) is 0.612. The Hall–Kier alpha value is -1.07. The fraction of sp³-hybridized carbons (Fsp3) is 0.364. The third-order valence-electron chi connectivity index (χ3n) is 2.93. The van der Waals surface area contributed by atoms with Crippen molar-refractivity contribution in [2.45, 2.75) is 26.3 Å². The highest BCUT2D eigenvalue weighted by Gasteiger charge is 2.45. The molecule has 1 aliphatic rings. The first-order valence-electron chi connectivity index (χ1n) is 5.14. The Morgan fingerprint density at radius 2 is 2.00 bits per heavy atom. The Morgan fingerprint density at radius 3 is 2.53 bits per heavy atom. The van der Waals surface area contributed by atoms with Crippen molar-refractivity contribution in [3.8, 4) is 0 Å². The van der Waals surface area contributed by atoms with Gasteiger partial charge < -0.3 is 0 Å². The number of amides is 1. The summed E-state index contributed by atoms with van der Waals surface area (Å²) in [6.45, 7) is 3.81. The standard InChI is InChI=1S/C11H12ClNO3S/c1-7-3-4-8(2)9(5-7)10-6-11(14)13(10)17(12,15)16/h3-5,10H,6H2,1-2H3. The molecular formula is C11H12ClNO3S. The molecular weight excluding hydrogens is 262 g/mol. The van der Waals surface area contributed by atoms with Gasteiger partial charge in [0.25, 0.3) is 0 Å². The molecule has 1 aromatic carbocycles. The number of benzene rings is 1. The number of aryl methyl sites for hydroxylation is 2. The number of halogens is 1. The lowest BCUT2D eigenvalue weighted by atomic mass is 9.92. The van der Waals surface area contributed by atoms with E-state index in [1.807, 2.05) is 32.0 Å². The van der Waals surface area contributed by atoms with E-state index in [0.717, 1.165) is 21.0 Å². The van der Waals surface area contributed by atoms with E-state index in [0.29, 0.717) is 0 Å². The second-order valence-corrected chi connectivity index (χ2v) is 6.60. The number of nitrogens with zero attached hydrogens (tertiary/aromatic N) is 1. The van der Waals surface area contributed by atoms with Crippen molar-refractivity contribution in [3.05, 3.63) is 34.9 Å². The zero-order chi connectivity index (χ0) is 12.8. The van der Waals surface area contributed by atoms with Crippen molar-refractivity contribution < 1.29 is 13.2 Å². The molecule has 0 aliphatic carbocycles. The zero-order valence-corrected chi connectivity index (χ0v) is 11.0. The average molecular weight is 274 g/mol. The maximum absolute atomic E-state index is 11.3. The molecule has 4 nitrogen and oxygen atoms in total. The third-order valence-corrected chi connectivity index (χ3v) is 4.30. The minimum absolute atomic E-state index is 0.191. The van der Waals surface area contributed by atoms with E-state index in [2.05, 4.69) is 0 Å². The third kappa shape index (κ3) is 2.17. The van der Waals surface area contributed by atoms with Crippen molar-refractivity contribution >= 4 is 25.8 Å². The van der Waals surface area contributed by atoms with Crippen LogP contribution >= 0.6 is 10.7 Å². The molecule has 2 rings (SSSR count). The van der Waals surface area contributed by atoms with Gasteiger partial charge in [-0.05, 0) is 25.0 Å². The van der Waals surface area contributed by atoms with Gasteiger partial charge in [-0.1, -0.05) is 23.8 Å². The predicted octanol–water partition coefficient (Wildman–Crippen LogP) is 2.06. The molecule has 6 heteroatoms. The minimum Gasteiger partial charge on any atom is -0.274 e. The van der Waals surface area contributed by atoms with Gasteiger partial charge in [-0.25, -0.2) is 4.31 Å². The summed E-state index contributed by atoms with van der Waals surface area (Å²) in [6.07, 6.45) is 0.191. The molecule has 1 aromatic rings. The van der Waals surface area contributed by atoms with Crippen LogP contribution in [0.3, 0.4) is 0 Å². The smallest absolute Gasteiger partial charge is 0.274 e. The first-order chi connectivity index (χ1) is 7.80. The Kier molecular flexibility index (Phi) is 2.91. The molecule has 92 valence electrons. The lowest BCUT2D eigenvalue weighted by Crippen LogP contribution is -2.48. The molecule has 1 amide bonds. The Morgan fingerprint density at radius 1 is 1.35 bits per heavy atom. The van der Waals surface area contributed by atoms with Crippen LogP contribution in [-0.4, -0.2) is 18.6 Å². The first-order valence-corrected chi connectivity index (χ1v) is 7.41. The van der Waals surface area contributed by atoms with Crippen molar-refractivity contribution in [2.75, 3.05) is 0 Å². The van der Waals surface area contributed by atoms with Crippen LogP contribution in [-0.2, 0) is 14.0 Å². The van der Waals surface area contributed by atoms with Gasteiger partial charge in [0.1, 0.15) is 0 Å². The minimum atomic E-state index is -3.99. The first kappa shape index (κ1) is 12.4. The molecule has 1 saturated heterocycles. The zero-order valence-electron chi connectivity index (χ0n) is 9.47. The summed E-state index contributed by atoms with van der Waals surface area (Å²) >= 11 is 0. The summed E-state index contributed by atoms with van der Waals surface area (Å²) in [4.78, 5) is 11.3. The van der Waals surface area contributed by atoms with Crippen LogP contribution in [0.4, 0.5) is 0 Å². The average Bonchev–Trinajstić information content (AvgIpc) is 2.15. The number of hydrogen-bond donors (Lipinski definition) is 0.